The van der Waals surface area contributed by atoms with Crippen molar-refractivity contribution in [1.82, 2.24) is 4.72 Å². The van der Waals surface area contributed by atoms with Crippen LogP contribution >= 0.6 is 66.4 Å². The predicted molar refractivity (Wildman–Crippen MR) is 90.2 cm³/mol. The van der Waals surface area contributed by atoms with Crippen molar-refractivity contribution in [1.29, 1.82) is 0 Å². The molecule has 0 unspecified atom stereocenters. The van der Waals surface area contributed by atoms with Crippen LogP contribution < -0.4 is 4.72 Å². The van der Waals surface area contributed by atoms with E-state index < -0.39 is 10.0 Å². The van der Waals surface area contributed by atoms with Crippen LogP contribution in [0.1, 0.15) is 4.88 Å². The van der Waals surface area contributed by atoms with Crippen molar-refractivity contribution >= 4 is 76.4 Å². The van der Waals surface area contributed by atoms with Gasteiger partial charge in [0.2, 0.25) is 10.0 Å². The van der Waals surface area contributed by atoms with Crippen LogP contribution in [0.4, 0.5) is 0 Å². The van der Waals surface area contributed by atoms with Crippen molar-refractivity contribution in [2.75, 3.05) is 0 Å². The minimum Gasteiger partial charge on any atom is -0.207 e. The molecule has 0 aliphatic carbocycles. The second kappa shape index (κ2) is 6.64. The van der Waals surface area contributed by atoms with Gasteiger partial charge in [-0.3, -0.25) is 0 Å². The van der Waals surface area contributed by atoms with Gasteiger partial charge >= 0.3 is 0 Å². The minimum absolute atomic E-state index is 0.0734. The van der Waals surface area contributed by atoms with E-state index in [1.54, 1.807) is 0 Å². The summed E-state index contributed by atoms with van der Waals surface area (Å²) in [5, 5.41) is 2.02. The number of sulfonamides is 1. The van der Waals surface area contributed by atoms with Gasteiger partial charge in [-0.15, -0.1) is 11.3 Å². The topological polar surface area (TPSA) is 46.2 Å². The van der Waals surface area contributed by atoms with Gasteiger partial charge in [0.05, 0.1) is 10.0 Å². The van der Waals surface area contributed by atoms with E-state index in [0.29, 0.717) is 4.47 Å². The molecule has 0 fully saturated rings. The summed E-state index contributed by atoms with van der Waals surface area (Å²) in [6.07, 6.45) is 0. The van der Waals surface area contributed by atoms with Gasteiger partial charge in [0.25, 0.3) is 0 Å². The van der Waals surface area contributed by atoms with Gasteiger partial charge in [-0.05, 0) is 34.1 Å². The van der Waals surface area contributed by atoms with Gasteiger partial charge in [0, 0.05) is 25.7 Å². The molecule has 2 rings (SSSR count). The number of thiophene rings is 1. The van der Waals surface area contributed by atoms with E-state index in [1.807, 2.05) is 11.4 Å². The van der Waals surface area contributed by atoms with Gasteiger partial charge in [-0.1, -0.05) is 39.1 Å². The SMILES string of the molecule is O=S(=O)(NCc1cc(Br)cs1)c1c(Cl)cc(Br)cc1Cl. The number of halogens is 4. The van der Waals surface area contributed by atoms with Crippen molar-refractivity contribution in [2.24, 2.45) is 0 Å². The highest BCUT2D eigenvalue weighted by Crippen LogP contribution is 2.33. The number of nitrogens with one attached hydrogen (secondary N) is 1. The molecule has 2 aromatic rings. The van der Waals surface area contributed by atoms with Crippen molar-refractivity contribution in [2.45, 2.75) is 11.4 Å². The zero-order valence-corrected chi connectivity index (χ0v) is 16.0. The van der Waals surface area contributed by atoms with Crippen molar-refractivity contribution in [3.63, 3.8) is 0 Å². The molecule has 9 heteroatoms. The summed E-state index contributed by atoms with van der Waals surface area (Å²) in [6, 6.07) is 4.82. The Morgan fingerprint density at radius 2 is 1.70 bits per heavy atom. The highest BCUT2D eigenvalue weighted by atomic mass is 79.9. The molecule has 3 nitrogen and oxygen atoms in total. The van der Waals surface area contributed by atoms with E-state index >= 15 is 0 Å². The summed E-state index contributed by atoms with van der Waals surface area (Å²) in [7, 11) is -3.77. The zero-order valence-electron chi connectivity index (χ0n) is 9.66. The van der Waals surface area contributed by atoms with Crippen LogP contribution in [0.3, 0.4) is 0 Å². The molecule has 108 valence electrons. The maximum absolute atomic E-state index is 12.3. The van der Waals surface area contributed by atoms with E-state index in [1.165, 1.54) is 23.5 Å². The third-order valence-electron chi connectivity index (χ3n) is 2.29. The Bertz CT molecular complexity index is 724. The number of benzene rings is 1. The fraction of sp³-hybridized carbons (Fsp3) is 0.0909. The van der Waals surface area contributed by atoms with Gasteiger partial charge in [0.1, 0.15) is 4.90 Å². The summed E-state index contributed by atoms with van der Waals surface area (Å²) in [5.41, 5.74) is 0. The standard InChI is InChI=1S/C11H7Br2Cl2NO2S2/c12-6-2-9(14)11(10(15)3-6)20(17,18)16-4-8-1-7(13)5-19-8/h1-3,5,16H,4H2. The van der Waals surface area contributed by atoms with Crippen LogP contribution in [0.5, 0.6) is 0 Å². The first-order valence-electron chi connectivity index (χ1n) is 5.17. The molecular formula is C11H7Br2Cl2NO2S2. The lowest BCUT2D eigenvalue weighted by Gasteiger charge is -2.10. The van der Waals surface area contributed by atoms with Crippen LogP contribution in [0.15, 0.2) is 37.4 Å². The Morgan fingerprint density at radius 3 is 2.20 bits per heavy atom. The Morgan fingerprint density at radius 1 is 1.10 bits per heavy atom. The van der Waals surface area contributed by atoms with E-state index in [4.69, 9.17) is 23.2 Å². The summed E-state index contributed by atoms with van der Waals surface area (Å²) < 4.78 is 28.5. The first-order chi connectivity index (χ1) is 9.29. The average Bonchev–Trinajstić information content (AvgIpc) is 2.71. The first kappa shape index (κ1) is 16.7. The molecule has 0 aliphatic heterocycles. The molecule has 1 aromatic heterocycles. The van der Waals surface area contributed by atoms with Gasteiger partial charge in [-0.25, -0.2) is 13.1 Å². The smallest absolute Gasteiger partial charge is 0.207 e. The lowest BCUT2D eigenvalue weighted by Crippen LogP contribution is -2.23. The molecule has 0 amide bonds. The molecule has 20 heavy (non-hydrogen) atoms. The number of hydrogen-bond donors (Lipinski definition) is 1. The molecule has 0 saturated carbocycles. The van der Waals surface area contributed by atoms with E-state index in [2.05, 4.69) is 36.6 Å². The second-order valence-electron chi connectivity index (χ2n) is 3.75. The van der Waals surface area contributed by atoms with Crippen LogP contribution in [0, 0.1) is 0 Å². The molecule has 0 atom stereocenters. The summed E-state index contributed by atoms with van der Waals surface area (Å²) in [4.78, 5) is 0.768. The van der Waals surface area contributed by atoms with Gasteiger partial charge in [-0.2, -0.15) is 0 Å². The van der Waals surface area contributed by atoms with Crippen molar-refractivity contribution in [3.8, 4) is 0 Å². The molecule has 0 radical (unpaired) electrons. The van der Waals surface area contributed by atoms with Crippen LogP contribution in [0.25, 0.3) is 0 Å². The van der Waals surface area contributed by atoms with Gasteiger partial charge < -0.3 is 0 Å². The van der Waals surface area contributed by atoms with Crippen LogP contribution in [0.2, 0.25) is 10.0 Å². The lowest BCUT2D eigenvalue weighted by atomic mass is 10.4. The zero-order chi connectivity index (χ0) is 14.9. The fourth-order valence-corrected chi connectivity index (χ4v) is 5.89. The summed E-state index contributed by atoms with van der Waals surface area (Å²) >= 11 is 19.9. The molecule has 0 saturated heterocycles. The Kier molecular flexibility index (Phi) is 5.56. The number of hydrogen-bond acceptors (Lipinski definition) is 3. The highest BCUT2D eigenvalue weighted by Gasteiger charge is 2.22. The molecule has 1 aromatic carbocycles. The van der Waals surface area contributed by atoms with E-state index in [-0.39, 0.29) is 21.5 Å². The van der Waals surface area contributed by atoms with E-state index in [0.717, 1.165) is 9.35 Å². The molecule has 1 N–H and O–H groups in total. The lowest BCUT2D eigenvalue weighted by molar-refractivity contribution is 0.582. The fourth-order valence-electron chi connectivity index (χ4n) is 1.47. The molecular weight excluding hydrogens is 473 g/mol. The maximum Gasteiger partial charge on any atom is 0.243 e. The Balaban J connectivity index is 2.27. The molecule has 0 bridgehead atoms. The summed E-state index contributed by atoms with van der Waals surface area (Å²) in [5.74, 6) is 0. The molecule has 1 heterocycles. The highest BCUT2D eigenvalue weighted by molar-refractivity contribution is 9.10. The summed E-state index contributed by atoms with van der Waals surface area (Å²) in [6.45, 7) is 0.182. The normalized spacial score (nSPS) is 11.8. The largest absolute Gasteiger partial charge is 0.243 e. The Hall–Kier alpha value is 0.370. The van der Waals surface area contributed by atoms with E-state index in [9.17, 15) is 8.42 Å². The monoisotopic (exact) mass is 477 g/mol. The predicted octanol–water partition coefficient (Wildman–Crippen LogP) is 5.06. The number of rotatable bonds is 4. The van der Waals surface area contributed by atoms with Crippen molar-refractivity contribution < 1.29 is 8.42 Å². The maximum atomic E-state index is 12.3. The third-order valence-corrected chi connectivity index (χ3v) is 6.77. The van der Waals surface area contributed by atoms with Gasteiger partial charge in [0.15, 0.2) is 0 Å². The Labute approximate surface area is 147 Å². The van der Waals surface area contributed by atoms with Crippen LogP contribution in [-0.4, -0.2) is 8.42 Å². The first-order valence-corrected chi connectivity index (χ1v) is 9.87. The third kappa shape index (κ3) is 3.97. The van der Waals surface area contributed by atoms with Crippen molar-refractivity contribution in [3.05, 3.63) is 47.4 Å². The second-order valence-corrected chi connectivity index (χ2v) is 9.10. The van der Waals surface area contributed by atoms with Crippen LogP contribution in [-0.2, 0) is 16.6 Å². The quantitative estimate of drug-likeness (QED) is 0.666. The average molecular weight is 480 g/mol. The minimum atomic E-state index is -3.77. The molecule has 0 spiro atoms. The molecule has 0 aliphatic rings.